The van der Waals surface area contributed by atoms with Crippen molar-refractivity contribution in [3.05, 3.63) is 35.9 Å². The van der Waals surface area contributed by atoms with Gasteiger partial charge in [0, 0.05) is 17.0 Å². The van der Waals surface area contributed by atoms with Crippen molar-refractivity contribution in [1.82, 2.24) is 9.55 Å². The molecular weight excluding hydrogens is 253 g/mol. The zero-order valence-electron chi connectivity index (χ0n) is 12.2. The molecule has 2 N–H and O–H groups in total. The van der Waals surface area contributed by atoms with Gasteiger partial charge >= 0.3 is 0 Å². The van der Waals surface area contributed by atoms with Gasteiger partial charge in [-0.25, -0.2) is 9.37 Å². The standard InChI is InChI=1S/C16H20FN3/c1-16(2,3)20-14(18)13(19-15(20)10-7-8-10)11-5-4-6-12(17)9-11/h4-6,9-10H,7-8,18H2,1-3H3. The summed E-state index contributed by atoms with van der Waals surface area (Å²) in [5.74, 6) is 1.90. The van der Waals surface area contributed by atoms with E-state index in [1.54, 1.807) is 6.07 Å². The number of nitrogens with two attached hydrogens (primary N) is 1. The third kappa shape index (κ3) is 2.19. The van der Waals surface area contributed by atoms with Gasteiger partial charge in [0.25, 0.3) is 0 Å². The monoisotopic (exact) mass is 273 g/mol. The number of nitrogen functional groups attached to an aromatic ring is 1. The first-order valence-corrected chi connectivity index (χ1v) is 7.02. The van der Waals surface area contributed by atoms with Gasteiger partial charge in [-0.05, 0) is 45.7 Å². The lowest BCUT2D eigenvalue weighted by Crippen LogP contribution is -2.25. The van der Waals surface area contributed by atoms with Gasteiger partial charge in [-0.2, -0.15) is 0 Å². The summed E-state index contributed by atoms with van der Waals surface area (Å²) in [5.41, 5.74) is 7.63. The minimum Gasteiger partial charge on any atom is -0.383 e. The fraction of sp³-hybridized carbons (Fsp3) is 0.438. The normalized spacial score (nSPS) is 15.6. The van der Waals surface area contributed by atoms with Crippen molar-refractivity contribution >= 4 is 5.82 Å². The van der Waals surface area contributed by atoms with Crippen LogP contribution in [0.2, 0.25) is 0 Å². The number of aromatic nitrogens is 2. The molecule has 4 heteroatoms. The van der Waals surface area contributed by atoms with E-state index in [0.29, 0.717) is 17.4 Å². The highest BCUT2D eigenvalue weighted by atomic mass is 19.1. The minimum absolute atomic E-state index is 0.124. The van der Waals surface area contributed by atoms with Crippen LogP contribution in [0.3, 0.4) is 0 Å². The Labute approximate surface area is 118 Å². The van der Waals surface area contributed by atoms with Gasteiger partial charge in [0.2, 0.25) is 0 Å². The van der Waals surface area contributed by atoms with Crippen LogP contribution in [0.5, 0.6) is 0 Å². The first-order valence-electron chi connectivity index (χ1n) is 7.02. The summed E-state index contributed by atoms with van der Waals surface area (Å²) in [7, 11) is 0. The number of nitrogens with zero attached hydrogens (tertiary/aromatic N) is 2. The second kappa shape index (κ2) is 4.33. The van der Waals surface area contributed by atoms with E-state index in [2.05, 4.69) is 25.3 Å². The van der Waals surface area contributed by atoms with Crippen LogP contribution in [0.25, 0.3) is 11.3 Å². The molecule has 1 aliphatic rings. The third-order valence-corrected chi connectivity index (χ3v) is 3.65. The molecule has 0 unspecified atom stereocenters. The Balaban J connectivity index is 2.18. The molecule has 1 aromatic carbocycles. The quantitative estimate of drug-likeness (QED) is 0.901. The Kier molecular flexibility index (Phi) is 2.85. The number of halogens is 1. The largest absolute Gasteiger partial charge is 0.383 e. The van der Waals surface area contributed by atoms with Gasteiger partial charge in [-0.15, -0.1) is 0 Å². The Bertz CT molecular complexity index is 648. The van der Waals surface area contributed by atoms with Crippen molar-refractivity contribution in [2.45, 2.75) is 45.1 Å². The first kappa shape index (κ1) is 13.2. The number of anilines is 1. The van der Waals surface area contributed by atoms with Gasteiger partial charge in [-0.3, -0.25) is 0 Å². The number of rotatable bonds is 2. The van der Waals surface area contributed by atoms with Crippen molar-refractivity contribution in [3.8, 4) is 11.3 Å². The molecule has 0 amide bonds. The first-order chi connectivity index (χ1) is 9.38. The van der Waals surface area contributed by atoms with Crippen LogP contribution in [-0.2, 0) is 5.54 Å². The lowest BCUT2D eigenvalue weighted by Gasteiger charge is -2.25. The molecule has 0 spiro atoms. The van der Waals surface area contributed by atoms with Crippen molar-refractivity contribution in [2.75, 3.05) is 5.73 Å². The highest BCUT2D eigenvalue weighted by Gasteiger charge is 2.34. The zero-order chi connectivity index (χ0) is 14.5. The third-order valence-electron chi connectivity index (χ3n) is 3.65. The summed E-state index contributed by atoms with van der Waals surface area (Å²) in [6, 6.07) is 6.47. The van der Waals surface area contributed by atoms with Crippen LogP contribution < -0.4 is 5.73 Å². The van der Waals surface area contributed by atoms with Crippen LogP contribution in [0, 0.1) is 5.82 Å². The summed E-state index contributed by atoms with van der Waals surface area (Å²) < 4.78 is 15.5. The van der Waals surface area contributed by atoms with Gasteiger partial charge in [-0.1, -0.05) is 12.1 Å². The molecule has 1 aromatic heterocycles. The number of hydrogen-bond acceptors (Lipinski definition) is 2. The van der Waals surface area contributed by atoms with Crippen molar-refractivity contribution in [3.63, 3.8) is 0 Å². The highest BCUT2D eigenvalue weighted by molar-refractivity contribution is 5.71. The lowest BCUT2D eigenvalue weighted by atomic mass is 10.1. The van der Waals surface area contributed by atoms with Gasteiger partial charge in [0.1, 0.15) is 23.2 Å². The van der Waals surface area contributed by atoms with Crippen LogP contribution in [0.15, 0.2) is 24.3 Å². The molecule has 2 aromatic rings. The van der Waals surface area contributed by atoms with E-state index in [4.69, 9.17) is 10.7 Å². The smallest absolute Gasteiger partial charge is 0.132 e. The average molecular weight is 273 g/mol. The van der Waals surface area contributed by atoms with E-state index < -0.39 is 0 Å². The molecule has 20 heavy (non-hydrogen) atoms. The molecule has 106 valence electrons. The van der Waals surface area contributed by atoms with Crippen molar-refractivity contribution in [2.24, 2.45) is 0 Å². The van der Waals surface area contributed by atoms with E-state index in [1.165, 1.54) is 12.1 Å². The highest BCUT2D eigenvalue weighted by Crippen LogP contribution is 2.44. The predicted octanol–water partition coefficient (Wildman–Crippen LogP) is 3.90. The predicted molar refractivity (Wildman–Crippen MR) is 79.0 cm³/mol. The van der Waals surface area contributed by atoms with E-state index in [1.807, 2.05) is 6.07 Å². The van der Waals surface area contributed by atoms with Crippen LogP contribution in [0.4, 0.5) is 10.2 Å². The summed E-state index contributed by atoms with van der Waals surface area (Å²) in [6.07, 6.45) is 2.32. The molecule has 0 saturated heterocycles. The van der Waals surface area contributed by atoms with Crippen LogP contribution in [0.1, 0.15) is 45.4 Å². The maximum Gasteiger partial charge on any atom is 0.132 e. The average Bonchev–Trinajstić information content (AvgIpc) is 3.11. The Morgan fingerprint density at radius 3 is 2.55 bits per heavy atom. The molecule has 1 aliphatic carbocycles. The van der Waals surface area contributed by atoms with E-state index in [-0.39, 0.29) is 11.4 Å². The second-order valence-corrected chi connectivity index (χ2v) is 6.49. The molecule has 0 aliphatic heterocycles. The SMILES string of the molecule is CC(C)(C)n1c(C2CC2)nc(-c2cccc(F)c2)c1N. The zero-order valence-corrected chi connectivity index (χ0v) is 12.2. The summed E-state index contributed by atoms with van der Waals surface area (Å²) in [4.78, 5) is 4.72. The van der Waals surface area contributed by atoms with Gasteiger partial charge in [0.15, 0.2) is 0 Å². The lowest BCUT2D eigenvalue weighted by molar-refractivity contribution is 0.388. The van der Waals surface area contributed by atoms with E-state index in [9.17, 15) is 4.39 Å². The topological polar surface area (TPSA) is 43.8 Å². The molecular formula is C16H20FN3. The maximum atomic E-state index is 13.4. The molecule has 0 radical (unpaired) electrons. The van der Waals surface area contributed by atoms with Crippen molar-refractivity contribution < 1.29 is 4.39 Å². The molecule has 3 rings (SSSR count). The van der Waals surface area contributed by atoms with Crippen LogP contribution >= 0.6 is 0 Å². The minimum atomic E-state index is -0.264. The van der Waals surface area contributed by atoms with Crippen LogP contribution in [-0.4, -0.2) is 9.55 Å². The van der Waals surface area contributed by atoms with E-state index >= 15 is 0 Å². The maximum absolute atomic E-state index is 13.4. The number of hydrogen-bond donors (Lipinski definition) is 1. The molecule has 1 saturated carbocycles. The molecule has 1 fully saturated rings. The van der Waals surface area contributed by atoms with E-state index in [0.717, 1.165) is 24.2 Å². The van der Waals surface area contributed by atoms with Crippen molar-refractivity contribution in [1.29, 1.82) is 0 Å². The second-order valence-electron chi connectivity index (χ2n) is 6.49. The number of imidazole rings is 1. The fourth-order valence-corrected chi connectivity index (χ4v) is 2.62. The Morgan fingerprint density at radius 2 is 2.00 bits per heavy atom. The fourth-order valence-electron chi connectivity index (χ4n) is 2.62. The Morgan fingerprint density at radius 1 is 1.30 bits per heavy atom. The Hall–Kier alpha value is -1.84. The summed E-state index contributed by atoms with van der Waals surface area (Å²) in [5, 5.41) is 0. The summed E-state index contributed by atoms with van der Waals surface area (Å²) in [6.45, 7) is 6.35. The molecule has 1 heterocycles. The summed E-state index contributed by atoms with van der Waals surface area (Å²) >= 11 is 0. The molecule has 0 bridgehead atoms. The molecule has 3 nitrogen and oxygen atoms in total. The molecule has 0 atom stereocenters. The number of benzene rings is 1. The van der Waals surface area contributed by atoms with Gasteiger partial charge in [0.05, 0.1) is 0 Å². The van der Waals surface area contributed by atoms with Gasteiger partial charge < -0.3 is 10.3 Å².